The lowest BCUT2D eigenvalue weighted by Gasteiger charge is -2.32. The maximum atomic E-state index is 12.3. The predicted octanol–water partition coefficient (Wildman–Crippen LogP) is 0.554. The molecule has 8 heteroatoms. The molecule has 0 aliphatic rings. The number of carbonyl (C=O) groups excluding carboxylic acids is 2. The molecule has 0 fully saturated rings. The number of hydrogen-bond acceptors (Lipinski definition) is 7. The van der Waals surface area contributed by atoms with Crippen LogP contribution < -0.4 is 5.32 Å². The molecule has 1 amide bonds. The summed E-state index contributed by atoms with van der Waals surface area (Å²) in [7, 11) is 0. The first-order valence-electron chi connectivity index (χ1n) is 8.74. The number of amides is 1. The monoisotopic (exact) mass is 375 g/mol. The van der Waals surface area contributed by atoms with Crippen molar-refractivity contribution in [1.29, 1.82) is 0 Å². The summed E-state index contributed by atoms with van der Waals surface area (Å²) in [5, 5.41) is 20.9. The van der Waals surface area contributed by atoms with Crippen molar-refractivity contribution in [2.45, 2.75) is 65.0 Å². The third-order valence-corrected chi connectivity index (χ3v) is 3.64. The van der Waals surface area contributed by atoms with Gasteiger partial charge in [0.25, 0.3) is 5.91 Å². The average Bonchev–Trinajstić information content (AvgIpc) is 2.57. The number of aliphatic hydroxyl groups excluding tert-OH is 2. The molecule has 0 aliphatic carbocycles. The molecule has 3 atom stereocenters. The number of ether oxygens (including phenoxy) is 3. The zero-order valence-electron chi connectivity index (χ0n) is 16.4. The van der Waals surface area contributed by atoms with E-state index in [0.717, 1.165) is 0 Å². The van der Waals surface area contributed by atoms with Crippen LogP contribution in [-0.4, -0.2) is 72.4 Å². The van der Waals surface area contributed by atoms with Crippen molar-refractivity contribution in [2.24, 2.45) is 0 Å². The molecule has 0 radical (unpaired) electrons. The fourth-order valence-corrected chi connectivity index (χ4v) is 2.11. The minimum atomic E-state index is -1.12. The standard InChI is InChI=1S/C18H33NO7/c1-7-15(25-11-14(21)10-20)13(4)26-18(5,6)17(23)19-8-9-24-16(22)12(2)3/h13-15,20-21H,2,7-11H2,1,3-6H3,(H,19,23). The molecule has 0 aromatic rings. The third-order valence-electron chi connectivity index (χ3n) is 3.64. The Hall–Kier alpha value is -1.48. The maximum absolute atomic E-state index is 12.3. The van der Waals surface area contributed by atoms with E-state index in [-0.39, 0.29) is 38.4 Å². The van der Waals surface area contributed by atoms with Crippen molar-refractivity contribution in [3.8, 4) is 0 Å². The van der Waals surface area contributed by atoms with E-state index in [1.165, 1.54) is 0 Å². The fraction of sp³-hybridized carbons (Fsp3) is 0.778. The van der Waals surface area contributed by atoms with E-state index >= 15 is 0 Å². The number of aliphatic hydroxyl groups is 2. The van der Waals surface area contributed by atoms with Crippen LogP contribution in [0.2, 0.25) is 0 Å². The highest BCUT2D eigenvalue weighted by Gasteiger charge is 2.33. The van der Waals surface area contributed by atoms with Gasteiger partial charge in [-0.05, 0) is 34.1 Å². The molecule has 8 nitrogen and oxygen atoms in total. The Morgan fingerprint density at radius 3 is 2.42 bits per heavy atom. The lowest BCUT2D eigenvalue weighted by molar-refractivity contribution is -0.164. The van der Waals surface area contributed by atoms with Crippen LogP contribution in [0.3, 0.4) is 0 Å². The zero-order chi connectivity index (χ0) is 20.3. The van der Waals surface area contributed by atoms with Crippen molar-refractivity contribution in [3.05, 3.63) is 12.2 Å². The van der Waals surface area contributed by atoms with Crippen LogP contribution in [0.1, 0.15) is 41.0 Å². The molecule has 0 saturated carbocycles. The summed E-state index contributed by atoms with van der Waals surface area (Å²) < 4.78 is 16.3. The van der Waals surface area contributed by atoms with Gasteiger partial charge in [0, 0.05) is 5.57 Å². The highest BCUT2D eigenvalue weighted by atomic mass is 16.6. The fourth-order valence-electron chi connectivity index (χ4n) is 2.11. The van der Waals surface area contributed by atoms with Gasteiger partial charge in [-0.3, -0.25) is 4.79 Å². The van der Waals surface area contributed by atoms with Gasteiger partial charge in [-0.25, -0.2) is 4.79 Å². The van der Waals surface area contributed by atoms with Gasteiger partial charge in [0.2, 0.25) is 0 Å². The zero-order valence-corrected chi connectivity index (χ0v) is 16.4. The lowest BCUT2D eigenvalue weighted by Crippen LogP contribution is -2.49. The van der Waals surface area contributed by atoms with E-state index in [4.69, 9.17) is 19.3 Å². The van der Waals surface area contributed by atoms with Crippen molar-refractivity contribution in [2.75, 3.05) is 26.4 Å². The van der Waals surface area contributed by atoms with E-state index in [1.54, 1.807) is 27.7 Å². The summed E-state index contributed by atoms with van der Waals surface area (Å²) in [6.45, 7) is 11.8. The summed E-state index contributed by atoms with van der Waals surface area (Å²) in [5.41, 5.74) is -0.824. The molecule has 0 aliphatic heterocycles. The Bertz CT molecular complexity index is 464. The average molecular weight is 375 g/mol. The van der Waals surface area contributed by atoms with Gasteiger partial charge in [0.05, 0.1) is 32.0 Å². The summed E-state index contributed by atoms with van der Waals surface area (Å²) in [6, 6.07) is 0. The quantitative estimate of drug-likeness (QED) is 0.245. The normalized spacial score (nSPS) is 15.0. The molecule has 3 N–H and O–H groups in total. The van der Waals surface area contributed by atoms with Crippen LogP contribution in [0.25, 0.3) is 0 Å². The van der Waals surface area contributed by atoms with Gasteiger partial charge in [-0.15, -0.1) is 0 Å². The second-order valence-electron chi connectivity index (χ2n) is 6.62. The first kappa shape index (κ1) is 24.5. The highest BCUT2D eigenvalue weighted by molar-refractivity contribution is 5.87. The van der Waals surface area contributed by atoms with Gasteiger partial charge >= 0.3 is 5.97 Å². The summed E-state index contributed by atoms with van der Waals surface area (Å²) in [6.07, 6.45) is -1.07. The molecule has 0 heterocycles. The topological polar surface area (TPSA) is 114 Å². The molecule has 0 rings (SSSR count). The lowest BCUT2D eigenvalue weighted by atomic mass is 10.1. The smallest absolute Gasteiger partial charge is 0.333 e. The first-order valence-corrected chi connectivity index (χ1v) is 8.74. The molecule has 0 saturated heterocycles. The number of nitrogens with one attached hydrogen (secondary N) is 1. The molecule has 0 spiro atoms. The molecule has 26 heavy (non-hydrogen) atoms. The van der Waals surface area contributed by atoms with Crippen LogP contribution in [0.4, 0.5) is 0 Å². The third kappa shape index (κ3) is 9.28. The van der Waals surface area contributed by atoms with Gasteiger partial charge in [0.1, 0.15) is 18.3 Å². The molecule has 0 aromatic heterocycles. The Morgan fingerprint density at radius 2 is 1.92 bits per heavy atom. The first-order chi connectivity index (χ1) is 12.0. The molecule has 0 aromatic carbocycles. The summed E-state index contributed by atoms with van der Waals surface area (Å²) >= 11 is 0. The minimum absolute atomic E-state index is 0.0105. The molecule has 0 bridgehead atoms. The van der Waals surface area contributed by atoms with Gasteiger partial charge < -0.3 is 29.7 Å². The van der Waals surface area contributed by atoms with Crippen LogP contribution in [0, 0.1) is 0 Å². The second kappa shape index (κ2) is 12.0. The van der Waals surface area contributed by atoms with Crippen LogP contribution in [-0.2, 0) is 23.8 Å². The van der Waals surface area contributed by atoms with Crippen molar-refractivity contribution in [1.82, 2.24) is 5.32 Å². The Labute approximate surface area is 155 Å². The number of hydrogen-bond donors (Lipinski definition) is 3. The van der Waals surface area contributed by atoms with Crippen LogP contribution in [0.5, 0.6) is 0 Å². The van der Waals surface area contributed by atoms with Gasteiger partial charge in [-0.1, -0.05) is 13.5 Å². The molecular weight excluding hydrogens is 342 g/mol. The van der Waals surface area contributed by atoms with Gasteiger partial charge in [0.15, 0.2) is 0 Å². The highest BCUT2D eigenvalue weighted by Crippen LogP contribution is 2.18. The minimum Gasteiger partial charge on any atom is -0.460 e. The number of esters is 1. The molecular formula is C18H33NO7. The largest absolute Gasteiger partial charge is 0.460 e. The van der Waals surface area contributed by atoms with E-state index in [0.29, 0.717) is 12.0 Å². The SMILES string of the molecule is C=C(C)C(=O)OCCNC(=O)C(C)(C)OC(C)C(CC)OCC(O)CO. The van der Waals surface area contributed by atoms with Crippen molar-refractivity contribution < 1.29 is 34.0 Å². The predicted molar refractivity (Wildman–Crippen MR) is 96.5 cm³/mol. The Morgan fingerprint density at radius 1 is 1.31 bits per heavy atom. The molecule has 152 valence electrons. The number of carbonyl (C=O) groups is 2. The Balaban J connectivity index is 4.42. The van der Waals surface area contributed by atoms with Crippen molar-refractivity contribution in [3.63, 3.8) is 0 Å². The number of rotatable bonds is 13. The summed E-state index contributed by atoms with van der Waals surface area (Å²) in [5.74, 6) is -0.850. The molecule has 3 unspecified atom stereocenters. The van der Waals surface area contributed by atoms with Gasteiger partial charge in [-0.2, -0.15) is 0 Å². The van der Waals surface area contributed by atoms with E-state index in [9.17, 15) is 14.7 Å². The van der Waals surface area contributed by atoms with Crippen LogP contribution >= 0.6 is 0 Å². The maximum Gasteiger partial charge on any atom is 0.333 e. The van der Waals surface area contributed by atoms with E-state index in [2.05, 4.69) is 11.9 Å². The Kier molecular flexibility index (Phi) is 11.3. The van der Waals surface area contributed by atoms with Crippen LogP contribution in [0.15, 0.2) is 12.2 Å². The second-order valence-corrected chi connectivity index (χ2v) is 6.62. The van der Waals surface area contributed by atoms with E-state index < -0.39 is 23.8 Å². The van der Waals surface area contributed by atoms with E-state index in [1.807, 2.05) is 6.92 Å². The summed E-state index contributed by atoms with van der Waals surface area (Å²) in [4.78, 5) is 23.6. The van der Waals surface area contributed by atoms with Crippen molar-refractivity contribution >= 4 is 11.9 Å².